The molecule has 5 aromatic rings. The first kappa shape index (κ1) is 49.7. The van der Waals surface area contributed by atoms with E-state index in [1.54, 1.807) is 44.2 Å². The van der Waals surface area contributed by atoms with Crippen molar-refractivity contribution >= 4 is 61.1 Å². The van der Waals surface area contributed by atoms with Crippen molar-refractivity contribution in [3.63, 3.8) is 0 Å². The van der Waals surface area contributed by atoms with Crippen LogP contribution in [-0.2, 0) is 41.5 Å². The van der Waals surface area contributed by atoms with Crippen molar-refractivity contribution in [3.8, 4) is 12.1 Å². The number of nitrogens with one attached hydrogen (secondary N) is 3. The second-order valence-electron chi connectivity index (χ2n) is 15.4. The fourth-order valence-corrected chi connectivity index (χ4v) is 11.7. The molecule has 2 amide bonds. The van der Waals surface area contributed by atoms with E-state index in [4.69, 9.17) is 27.6 Å². The Hall–Kier alpha value is -6.18. The molecule has 2 fully saturated rings. The average molecular weight is 985 g/mol. The number of nitrogens with zero attached hydrogens (tertiary/aromatic N) is 9. The summed E-state index contributed by atoms with van der Waals surface area (Å²) in [5.41, 5.74) is -5.08. The third-order valence-electron chi connectivity index (χ3n) is 10.6. The normalized spacial score (nSPS) is 24.3. The molecule has 6 heterocycles. The van der Waals surface area contributed by atoms with Gasteiger partial charge in [-0.05, 0) is 12.1 Å². The van der Waals surface area contributed by atoms with Crippen LogP contribution in [0, 0.1) is 28.6 Å². The molecular weight excluding hydrogens is 940 g/mol. The zero-order valence-corrected chi connectivity index (χ0v) is 38.0. The van der Waals surface area contributed by atoms with Gasteiger partial charge in [0, 0.05) is 11.5 Å². The molecule has 2 saturated heterocycles. The van der Waals surface area contributed by atoms with Gasteiger partial charge in [0.25, 0.3) is 11.5 Å². The monoisotopic (exact) mass is 984 g/mol. The Balaban J connectivity index is 1.22. The number of anilines is 2. The number of amides is 2. The molecule has 68 heavy (non-hydrogen) atoms. The van der Waals surface area contributed by atoms with Crippen molar-refractivity contribution in [1.29, 1.82) is 10.5 Å². The van der Waals surface area contributed by atoms with Gasteiger partial charge in [-0.25, -0.2) is 28.7 Å². The molecule has 360 valence electrons. The van der Waals surface area contributed by atoms with Gasteiger partial charge >= 0.3 is 15.2 Å². The summed E-state index contributed by atoms with van der Waals surface area (Å²) in [5.74, 6) is -1.93. The molecule has 0 bridgehead atoms. The van der Waals surface area contributed by atoms with E-state index >= 15 is 13.3 Å². The lowest BCUT2D eigenvalue weighted by Gasteiger charge is -2.30. The number of H-pyrrole nitrogens is 1. The van der Waals surface area contributed by atoms with Crippen LogP contribution in [0.4, 0.5) is 20.5 Å². The number of carbonyl (C=O) groups excluding carboxylic acids is 2. The highest BCUT2D eigenvalue weighted by atomic mass is 31.2. The van der Waals surface area contributed by atoms with Gasteiger partial charge in [0.05, 0.1) is 70.7 Å². The standard InChI is InChI=1S/C40H44F2N12O12P2/c1-4-14-61-67(59,62-15-8-12-43)31-25(66-39(27(31)42)54-21-48-29-34(54)50-40(52-37(29)58)51-35(56)22(2)3)18-64-68(60,63-16-9-13-44)30-24(17-55)65-38(26(30)41)53-20-47-28-32(45-19-46-33(28)53)49-36(57)23-10-6-5-7-11-23/h4-7,10-11,19-22,24-27,30-31,38-39,55H,1,8-9,14-18H2,2-3H3,(H,45,46,49,57)(H2,50,51,52,56,58)/t24?,25?,26-,27-,30-,31-,38?,39?,67?,68?/m1/s1. The van der Waals surface area contributed by atoms with Crippen molar-refractivity contribution in [2.45, 2.75) is 75.0 Å². The summed E-state index contributed by atoms with van der Waals surface area (Å²) in [7, 11) is -9.80. The van der Waals surface area contributed by atoms with Crippen LogP contribution in [0.3, 0.4) is 0 Å². The molecule has 10 atom stereocenters. The number of hydrogen-bond acceptors (Lipinski definition) is 19. The predicted octanol–water partition coefficient (Wildman–Crippen LogP) is 4.47. The van der Waals surface area contributed by atoms with Crippen molar-refractivity contribution in [2.75, 3.05) is 43.7 Å². The predicted molar refractivity (Wildman–Crippen MR) is 233 cm³/mol. The minimum Gasteiger partial charge on any atom is -0.394 e. The topological polar surface area (TPSA) is 323 Å². The molecular formula is C40H44F2N12O12P2. The lowest BCUT2D eigenvalue weighted by Crippen LogP contribution is -2.36. The third-order valence-corrected chi connectivity index (χ3v) is 15.4. The molecule has 28 heteroatoms. The second-order valence-corrected chi connectivity index (χ2v) is 19.8. The molecule has 0 saturated carbocycles. The minimum absolute atomic E-state index is 0.0168. The number of aromatic nitrogens is 8. The lowest BCUT2D eigenvalue weighted by molar-refractivity contribution is -0.118. The summed E-state index contributed by atoms with van der Waals surface area (Å²) in [6.45, 7) is 3.20. The van der Waals surface area contributed by atoms with Crippen molar-refractivity contribution in [3.05, 3.63) is 77.9 Å². The number of aliphatic hydroxyl groups is 1. The molecule has 24 nitrogen and oxygen atoms in total. The maximum atomic E-state index is 17.3. The van der Waals surface area contributed by atoms with Gasteiger partial charge in [-0.15, -0.1) is 6.58 Å². The Labute approximate surface area is 384 Å². The first-order chi connectivity index (χ1) is 32.7. The number of alkyl halides is 2. The third kappa shape index (κ3) is 10.1. The summed E-state index contributed by atoms with van der Waals surface area (Å²) in [6, 6.07) is 11.8. The number of benzene rings is 1. The van der Waals surface area contributed by atoms with E-state index in [2.05, 4.69) is 47.1 Å². The fourth-order valence-electron chi connectivity index (χ4n) is 7.42. The van der Waals surface area contributed by atoms with Gasteiger partial charge < -0.3 is 38.0 Å². The highest BCUT2D eigenvalue weighted by Gasteiger charge is 2.60. The van der Waals surface area contributed by atoms with E-state index in [0.717, 1.165) is 28.1 Å². The van der Waals surface area contributed by atoms with Crippen LogP contribution in [0.2, 0.25) is 0 Å². The largest absolute Gasteiger partial charge is 0.394 e. The summed E-state index contributed by atoms with van der Waals surface area (Å²) in [6.07, 6.45) is -8.06. The van der Waals surface area contributed by atoms with E-state index < -0.39 is 120 Å². The van der Waals surface area contributed by atoms with E-state index in [1.165, 1.54) is 6.08 Å². The number of aromatic amines is 1. The Morgan fingerprint density at radius 3 is 2.12 bits per heavy atom. The summed E-state index contributed by atoms with van der Waals surface area (Å²) < 4.78 is 101. The number of aliphatic hydroxyl groups excluding tert-OH is 1. The van der Waals surface area contributed by atoms with Crippen molar-refractivity contribution in [2.24, 2.45) is 5.92 Å². The molecule has 0 aliphatic carbocycles. The number of hydrogen-bond donors (Lipinski definition) is 4. The highest BCUT2D eigenvalue weighted by Crippen LogP contribution is 2.64. The Morgan fingerprint density at radius 2 is 1.50 bits per heavy atom. The molecule has 0 radical (unpaired) electrons. The molecule has 4 N–H and O–H groups in total. The van der Waals surface area contributed by atoms with E-state index in [9.17, 15) is 34.6 Å². The summed E-state index contributed by atoms with van der Waals surface area (Å²) in [5, 5.41) is 34.2. The van der Waals surface area contributed by atoms with Crippen molar-refractivity contribution in [1.82, 2.24) is 39.0 Å². The average Bonchev–Trinajstić information content (AvgIpc) is 4.11. The first-order valence-corrected chi connectivity index (χ1v) is 24.0. The quantitative estimate of drug-likeness (QED) is 0.0447. The number of ether oxygens (including phenoxy) is 2. The maximum absolute atomic E-state index is 17.3. The number of fused-ring (bicyclic) bond motifs is 2. The molecule has 1 aromatic carbocycles. The number of carbonyl (C=O) groups is 2. The van der Waals surface area contributed by atoms with Crippen LogP contribution < -0.4 is 16.2 Å². The van der Waals surface area contributed by atoms with Crippen LogP contribution in [0.1, 0.15) is 49.5 Å². The van der Waals surface area contributed by atoms with Gasteiger partial charge in [0.1, 0.15) is 29.9 Å². The summed E-state index contributed by atoms with van der Waals surface area (Å²) >= 11 is 0. The zero-order valence-electron chi connectivity index (χ0n) is 36.2. The van der Waals surface area contributed by atoms with Crippen LogP contribution in [0.5, 0.6) is 0 Å². The molecule has 2 aliphatic heterocycles. The first-order valence-electron chi connectivity index (χ1n) is 20.8. The smallest absolute Gasteiger partial charge is 0.339 e. The van der Waals surface area contributed by atoms with Crippen LogP contribution in [0.15, 0.2) is 66.8 Å². The lowest BCUT2D eigenvalue weighted by atomic mass is 10.2. The zero-order chi connectivity index (χ0) is 48.8. The van der Waals surface area contributed by atoms with Crippen molar-refractivity contribution < 1.29 is 60.2 Å². The van der Waals surface area contributed by atoms with Crippen LogP contribution in [0.25, 0.3) is 22.3 Å². The van der Waals surface area contributed by atoms with Gasteiger partial charge in [-0.2, -0.15) is 15.5 Å². The number of rotatable bonds is 21. The van der Waals surface area contributed by atoms with Gasteiger partial charge in [-0.3, -0.25) is 42.9 Å². The molecule has 7 rings (SSSR count). The maximum Gasteiger partial charge on any atom is 0.339 e. The SMILES string of the molecule is C=CCOP(=O)(OCCC#N)[C@@H]1C(COP(=O)(OCCC#N)[C@@H]2C(CO)OC(n3cnc4c(NC(=O)c5ccccc5)ncnc43)[C@@H]2F)OC(n2cnc3c(=O)[nH]c(NC(=O)C(C)C)nc32)[C@@H]1F. The van der Waals surface area contributed by atoms with Gasteiger partial charge in [-0.1, -0.05) is 38.1 Å². The van der Waals surface area contributed by atoms with Gasteiger partial charge in [0.15, 0.2) is 52.9 Å². The Kier molecular flexibility index (Phi) is 15.7. The number of halogens is 2. The number of imidazole rings is 2. The molecule has 4 aromatic heterocycles. The second kappa shape index (κ2) is 21.4. The number of nitriles is 2. The highest BCUT2D eigenvalue weighted by molar-refractivity contribution is 7.55. The van der Waals surface area contributed by atoms with Crippen LogP contribution >= 0.6 is 15.2 Å². The Morgan fingerprint density at radius 1 is 0.897 bits per heavy atom. The van der Waals surface area contributed by atoms with Crippen LogP contribution in [-0.4, -0.2) is 125 Å². The minimum atomic E-state index is -5.02. The summed E-state index contributed by atoms with van der Waals surface area (Å²) in [4.78, 5) is 61.8. The molecule has 0 spiro atoms. The fraction of sp³-hybridized carbons (Fsp3) is 0.450. The molecule has 6 unspecified atom stereocenters. The van der Waals surface area contributed by atoms with E-state index in [1.807, 2.05) is 12.1 Å². The molecule has 2 aliphatic rings. The van der Waals surface area contributed by atoms with Gasteiger partial charge in [0.2, 0.25) is 11.9 Å². The van der Waals surface area contributed by atoms with E-state index in [-0.39, 0.29) is 46.9 Å². The Bertz CT molecular complexity index is 2890. The van der Waals surface area contributed by atoms with E-state index in [0.29, 0.717) is 5.56 Å².